The number of nitrogens with one attached hydrogen (secondary N) is 1. The van der Waals surface area contributed by atoms with Gasteiger partial charge in [0.05, 0.1) is 43.0 Å². The Kier molecular flexibility index (Phi) is 7.72. The second-order valence-electron chi connectivity index (χ2n) is 10.9. The third-order valence-corrected chi connectivity index (χ3v) is 7.81. The molecule has 3 heterocycles. The van der Waals surface area contributed by atoms with E-state index in [1.807, 2.05) is 0 Å². The highest BCUT2D eigenvalue weighted by Crippen LogP contribution is 2.45. The summed E-state index contributed by atoms with van der Waals surface area (Å²) in [5, 5.41) is 15.8. The number of aromatic nitrogens is 6. The lowest BCUT2D eigenvalue weighted by Crippen LogP contribution is -2.30. The van der Waals surface area contributed by atoms with Crippen molar-refractivity contribution in [3.63, 3.8) is 0 Å². The number of alkyl halides is 5. The van der Waals surface area contributed by atoms with Crippen LogP contribution in [0, 0.1) is 11.8 Å². The number of hydrogen-bond acceptors (Lipinski definition) is 6. The minimum absolute atomic E-state index is 0.0461. The van der Waals surface area contributed by atoms with E-state index in [0.717, 1.165) is 12.8 Å². The van der Waals surface area contributed by atoms with Crippen molar-refractivity contribution >= 4 is 17.5 Å². The van der Waals surface area contributed by atoms with Crippen LogP contribution in [0.15, 0.2) is 18.5 Å². The minimum atomic E-state index is -4.43. The Morgan fingerprint density at radius 3 is 2.46 bits per heavy atom. The maximum Gasteiger partial charge on any atom is 0.389 e. The van der Waals surface area contributed by atoms with E-state index in [2.05, 4.69) is 20.6 Å². The molecule has 2 aliphatic carbocycles. The first-order valence-electron chi connectivity index (χ1n) is 13.7. The van der Waals surface area contributed by atoms with Gasteiger partial charge in [-0.15, -0.1) is 5.10 Å². The van der Waals surface area contributed by atoms with Crippen LogP contribution < -0.4 is 11.1 Å². The van der Waals surface area contributed by atoms with E-state index in [4.69, 9.17) is 10.7 Å². The van der Waals surface area contributed by atoms with E-state index in [0.29, 0.717) is 23.4 Å². The van der Waals surface area contributed by atoms with Crippen molar-refractivity contribution in [1.29, 1.82) is 0 Å². The summed E-state index contributed by atoms with van der Waals surface area (Å²) in [4.78, 5) is 30.6. The van der Waals surface area contributed by atoms with E-state index in [9.17, 15) is 31.5 Å². The van der Waals surface area contributed by atoms with Crippen LogP contribution in [-0.2, 0) is 11.3 Å². The van der Waals surface area contributed by atoms with Crippen LogP contribution in [0.5, 0.6) is 0 Å². The Hall–Kier alpha value is -3.65. The topological polar surface area (TPSA) is 133 Å². The quantitative estimate of drug-likeness (QED) is 0.343. The van der Waals surface area contributed by atoms with E-state index in [-0.39, 0.29) is 48.9 Å². The van der Waals surface area contributed by atoms with Crippen molar-refractivity contribution < 1.29 is 31.5 Å². The zero-order valence-electron chi connectivity index (χ0n) is 22.4. The van der Waals surface area contributed by atoms with Gasteiger partial charge < -0.3 is 11.1 Å². The van der Waals surface area contributed by atoms with Crippen molar-refractivity contribution in [1.82, 2.24) is 34.9 Å². The van der Waals surface area contributed by atoms with E-state index >= 15 is 0 Å². The van der Waals surface area contributed by atoms with Gasteiger partial charge >= 0.3 is 6.18 Å². The summed E-state index contributed by atoms with van der Waals surface area (Å²) in [6.07, 6.45) is -1.78. The zero-order valence-corrected chi connectivity index (χ0v) is 22.4. The SMILES string of the molecule is CCn1nc(C(N)=O)c([C@H](c2cn3ncc([C@H](NC(=O)CCC(F)(F)F)C4CC4)cc3n2)C2CCC(F)(F)CC2)n1. The number of primary amides is 1. The normalized spacial score (nSPS) is 19.3. The molecule has 0 bridgehead atoms. The van der Waals surface area contributed by atoms with Crippen molar-refractivity contribution in [3.8, 4) is 0 Å². The van der Waals surface area contributed by atoms with Crippen molar-refractivity contribution in [2.24, 2.45) is 17.6 Å². The Labute approximate surface area is 231 Å². The maximum absolute atomic E-state index is 14.0. The number of fused-ring (bicyclic) bond motifs is 1. The summed E-state index contributed by atoms with van der Waals surface area (Å²) in [6.45, 7) is 2.16. The van der Waals surface area contributed by atoms with Gasteiger partial charge in [0.25, 0.3) is 5.91 Å². The molecule has 5 rings (SSSR count). The Morgan fingerprint density at radius 1 is 1.15 bits per heavy atom. The molecule has 2 fully saturated rings. The molecule has 0 radical (unpaired) electrons. The number of aryl methyl sites for hydroxylation is 1. The van der Waals surface area contributed by atoms with Crippen LogP contribution >= 0.6 is 0 Å². The molecule has 0 unspecified atom stereocenters. The predicted octanol–water partition coefficient (Wildman–Crippen LogP) is 4.31. The number of hydrogen-bond donors (Lipinski definition) is 2. The largest absolute Gasteiger partial charge is 0.389 e. The molecular formula is C26H31F5N8O2. The van der Waals surface area contributed by atoms with Gasteiger partial charge in [0, 0.05) is 19.3 Å². The van der Waals surface area contributed by atoms with Gasteiger partial charge in [0.2, 0.25) is 11.8 Å². The number of amides is 2. The number of rotatable bonds is 10. The minimum Gasteiger partial charge on any atom is -0.364 e. The first-order valence-corrected chi connectivity index (χ1v) is 13.7. The van der Waals surface area contributed by atoms with Crippen molar-refractivity contribution in [2.75, 3.05) is 0 Å². The highest BCUT2D eigenvalue weighted by molar-refractivity contribution is 5.92. The zero-order chi connectivity index (χ0) is 29.5. The fourth-order valence-electron chi connectivity index (χ4n) is 5.52. The van der Waals surface area contributed by atoms with Gasteiger partial charge in [-0.05, 0) is 56.1 Å². The molecule has 2 saturated carbocycles. The highest BCUT2D eigenvalue weighted by atomic mass is 19.4. The van der Waals surface area contributed by atoms with Crippen LogP contribution in [0.1, 0.15) is 97.7 Å². The molecule has 2 atom stereocenters. The summed E-state index contributed by atoms with van der Waals surface area (Å²) < 4.78 is 67.4. The summed E-state index contributed by atoms with van der Waals surface area (Å²) >= 11 is 0. The second kappa shape index (κ2) is 11.0. The van der Waals surface area contributed by atoms with Crippen molar-refractivity contribution in [2.45, 2.75) is 88.9 Å². The fraction of sp³-hybridized carbons (Fsp3) is 0.615. The lowest BCUT2D eigenvalue weighted by molar-refractivity contribution is -0.144. The molecule has 0 aliphatic heterocycles. The van der Waals surface area contributed by atoms with Crippen LogP contribution in [0.2, 0.25) is 0 Å². The van der Waals surface area contributed by atoms with Crippen LogP contribution in [0.4, 0.5) is 22.0 Å². The van der Waals surface area contributed by atoms with Gasteiger partial charge in [-0.1, -0.05) is 0 Å². The molecule has 2 amide bonds. The lowest BCUT2D eigenvalue weighted by Gasteiger charge is -2.32. The number of imidazole rings is 1. The molecule has 2 aliphatic rings. The number of nitrogens with zero attached hydrogens (tertiary/aromatic N) is 6. The molecule has 0 aromatic carbocycles. The predicted molar refractivity (Wildman–Crippen MR) is 135 cm³/mol. The molecule has 3 aromatic heterocycles. The average Bonchev–Trinajstić information content (AvgIpc) is 3.51. The smallest absolute Gasteiger partial charge is 0.364 e. The summed E-state index contributed by atoms with van der Waals surface area (Å²) in [7, 11) is 0. The molecule has 0 spiro atoms. The monoisotopic (exact) mass is 582 g/mol. The number of carbonyl (C=O) groups excluding carboxylic acids is 2. The molecule has 0 saturated heterocycles. The number of halogens is 5. The van der Waals surface area contributed by atoms with Crippen LogP contribution in [-0.4, -0.2) is 53.5 Å². The Morgan fingerprint density at radius 2 is 1.85 bits per heavy atom. The summed E-state index contributed by atoms with van der Waals surface area (Å²) in [6, 6.07) is 1.18. The molecular weight excluding hydrogens is 551 g/mol. The molecule has 3 aromatic rings. The second-order valence-corrected chi connectivity index (χ2v) is 10.9. The Bertz CT molecular complexity index is 1420. The molecule has 3 N–H and O–H groups in total. The van der Waals surface area contributed by atoms with Gasteiger partial charge in [-0.2, -0.15) is 28.2 Å². The van der Waals surface area contributed by atoms with Crippen molar-refractivity contribution in [3.05, 3.63) is 41.1 Å². The van der Waals surface area contributed by atoms with Gasteiger partial charge in [0.1, 0.15) is 5.69 Å². The third-order valence-electron chi connectivity index (χ3n) is 7.81. The van der Waals surface area contributed by atoms with E-state index < -0.39 is 48.7 Å². The first kappa shape index (κ1) is 28.9. The molecule has 41 heavy (non-hydrogen) atoms. The maximum atomic E-state index is 14.0. The van der Waals surface area contributed by atoms with Gasteiger partial charge in [0.15, 0.2) is 11.3 Å². The third kappa shape index (κ3) is 6.64. The lowest BCUT2D eigenvalue weighted by atomic mass is 9.75. The van der Waals surface area contributed by atoms with E-state index in [1.54, 1.807) is 19.2 Å². The average molecular weight is 583 g/mol. The molecule has 222 valence electrons. The van der Waals surface area contributed by atoms with E-state index in [1.165, 1.54) is 15.5 Å². The fourth-order valence-corrected chi connectivity index (χ4v) is 5.52. The van der Waals surface area contributed by atoms with Gasteiger partial charge in [-0.25, -0.2) is 18.3 Å². The standard InChI is InChI=1S/C26H31F5N8O2/c1-2-39-36-22(23(37-39)24(32)41)20(14-5-8-25(27,28)9-6-14)17-13-38-18(34-17)11-16(12-33-38)21(15-3-4-15)35-19(40)7-10-26(29,30)31/h11-15,20-21H,2-10H2,1H3,(H2,32,41)(H,35,40)/t20-,21+/m0/s1. The molecule has 10 nitrogen and oxygen atoms in total. The van der Waals surface area contributed by atoms with Crippen LogP contribution in [0.25, 0.3) is 5.65 Å². The summed E-state index contributed by atoms with van der Waals surface area (Å²) in [5.41, 5.74) is 7.27. The number of carbonyl (C=O) groups is 2. The highest BCUT2D eigenvalue weighted by Gasteiger charge is 2.42. The number of nitrogens with two attached hydrogens (primary N) is 1. The molecule has 15 heteroatoms. The Balaban J connectivity index is 1.48. The first-order chi connectivity index (χ1) is 19.3. The van der Waals surface area contributed by atoms with Crippen LogP contribution in [0.3, 0.4) is 0 Å². The van der Waals surface area contributed by atoms with Gasteiger partial charge in [-0.3, -0.25) is 9.59 Å². The summed E-state index contributed by atoms with van der Waals surface area (Å²) in [5.74, 6) is -5.15.